The van der Waals surface area contributed by atoms with E-state index in [9.17, 15) is 10.0 Å². The van der Waals surface area contributed by atoms with Crippen molar-refractivity contribution in [2.75, 3.05) is 0 Å². The van der Waals surface area contributed by atoms with E-state index >= 15 is 0 Å². The van der Waals surface area contributed by atoms with Gasteiger partial charge >= 0.3 is 7.12 Å². The summed E-state index contributed by atoms with van der Waals surface area (Å²) in [6.45, 7) is 1.90. The fourth-order valence-corrected chi connectivity index (χ4v) is 2.23. The molecule has 3 rings (SSSR count). The van der Waals surface area contributed by atoms with Crippen molar-refractivity contribution in [1.29, 1.82) is 0 Å². The predicted octanol–water partition coefficient (Wildman–Crippen LogP) is 1.57. The molecular formula is C13H11BO3. The summed E-state index contributed by atoms with van der Waals surface area (Å²) in [4.78, 5) is 0. The van der Waals surface area contributed by atoms with Crippen molar-refractivity contribution in [3.8, 4) is 0 Å². The van der Waals surface area contributed by atoms with E-state index in [4.69, 9.17) is 4.42 Å². The van der Waals surface area contributed by atoms with Crippen molar-refractivity contribution in [2.24, 2.45) is 0 Å². The van der Waals surface area contributed by atoms with Crippen molar-refractivity contribution in [2.45, 2.75) is 6.92 Å². The Morgan fingerprint density at radius 3 is 2.59 bits per heavy atom. The lowest BCUT2D eigenvalue weighted by molar-refractivity contribution is 0.426. The summed E-state index contributed by atoms with van der Waals surface area (Å²) in [6, 6.07) is 11.3. The molecule has 0 saturated heterocycles. The van der Waals surface area contributed by atoms with Gasteiger partial charge in [-0.25, -0.2) is 0 Å². The third-order valence-corrected chi connectivity index (χ3v) is 2.93. The number of aryl methyl sites for hydroxylation is 1. The monoisotopic (exact) mass is 226 g/mol. The molecule has 0 spiro atoms. The average Bonchev–Trinajstić information content (AvgIpc) is 2.65. The highest BCUT2D eigenvalue weighted by Gasteiger charge is 2.19. The molecule has 2 N–H and O–H groups in total. The fourth-order valence-electron chi connectivity index (χ4n) is 2.23. The largest absolute Gasteiger partial charge is 0.489 e. The minimum absolute atomic E-state index is 0.491. The highest BCUT2D eigenvalue weighted by atomic mass is 16.4. The van der Waals surface area contributed by atoms with E-state index in [-0.39, 0.29) is 0 Å². The quantitative estimate of drug-likeness (QED) is 0.619. The standard InChI is InChI=1S/C13H11BO3/c1-8-6-10(14(15)16)13-9-4-2-3-5-11(9)17-12(13)7-8/h2-7,15-16H,1H3. The zero-order valence-corrected chi connectivity index (χ0v) is 9.34. The second-order valence-corrected chi connectivity index (χ2v) is 4.20. The Morgan fingerprint density at radius 2 is 1.82 bits per heavy atom. The van der Waals surface area contributed by atoms with Crippen LogP contribution >= 0.6 is 0 Å². The van der Waals surface area contributed by atoms with E-state index in [1.54, 1.807) is 6.07 Å². The number of furan rings is 1. The first-order chi connectivity index (χ1) is 8.16. The molecule has 2 aromatic carbocycles. The average molecular weight is 226 g/mol. The Balaban J connectivity index is 2.53. The second kappa shape index (κ2) is 3.62. The van der Waals surface area contributed by atoms with Gasteiger partial charge in [0.2, 0.25) is 0 Å². The smallest absolute Gasteiger partial charge is 0.456 e. The first-order valence-corrected chi connectivity index (χ1v) is 5.45. The van der Waals surface area contributed by atoms with Gasteiger partial charge in [0.05, 0.1) is 0 Å². The van der Waals surface area contributed by atoms with Crippen LogP contribution in [0.3, 0.4) is 0 Å². The molecule has 3 nitrogen and oxygen atoms in total. The Bertz CT molecular complexity index is 700. The Kier molecular flexibility index (Phi) is 2.21. The van der Waals surface area contributed by atoms with Crippen LogP contribution in [-0.4, -0.2) is 17.2 Å². The normalized spacial score (nSPS) is 11.2. The molecular weight excluding hydrogens is 215 g/mol. The molecule has 17 heavy (non-hydrogen) atoms. The number of hydrogen-bond donors (Lipinski definition) is 2. The van der Waals surface area contributed by atoms with Crippen molar-refractivity contribution in [3.63, 3.8) is 0 Å². The van der Waals surface area contributed by atoms with Crippen LogP contribution < -0.4 is 5.46 Å². The highest BCUT2D eigenvalue weighted by Crippen LogP contribution is 2.27. The first-order valence-electron chi connectivity index (χ1n) is 5.45. The SMILES string of the molecule is Cc1cc(B(O)O)c2c(c1)oc1ccccc12. The maximum absolute atomic E-state index is 9.44. The van der Waals surface area contributed by atoms with E-state index in [0.29, 0.717) is 11.0 Å². The van der Waals surface area contributed by atoms with Gasteiger partial charge in [-0.05, 0) is 30.1 Å². The van der Waals surface area contributed by atoms with Gasteiger partial charge in [-0.15, -0.1) is 0 Å². The predicted molar refractivity (Wildman–Crippen MR) is 68.3 cm³/mol. The lowest BCUT2D eigenvalue weighted by atomic mass is 9.77. The van der Waals surface area contributed by atoms with Gasteiger partial charge in [0, 0.05) is 10.8 Å². The number of fused-ring (bicyclic) bond motifs is 3. The van der Waals surface area contributed by atoms with E-state index in [1.165, 1.54) is 0 Å². The van der Waals surface area contributed by atoms with Gasteiger partial charge in [0.1, 0.15) is 11.2 Å². The van der Waals surface area contributed by atoms with Crippen LogP contribution in [0.25, 0.3) is 21.9 Å². The number of benzene rings is 2. The molecule has 4 heteroatoms. The lowest BCUT2D eigenvalue weighted by Gasteiger charge is -2.03. The molecule has 0 aliphatic heterocycles. The Morgan fingerprint density at radius 1 is 1.06 bits per heavy atom. The van der Waals surface area contributed by atoms with Crippen LogP contribution in [0.5, 0.6) is 0 Å². The topological polar surface area (TPSA) is 53.6 Å². The molecule has 0 saturated carbocycles. The van der Waals surface area contributed by atoms with Crippen LogP contribution in [0.2, 0.25) is 0 Å². The molecule has 0 aliphatic rings. The van der Waals surface area contributed by atoms with E-state index in [0.717, 1.165) is 21.9 Å². The van der Waals surface area contributed by atoms with Crippen LogP contribution in [-0.2, 0) is 0 Å². The summed E-state index contributed by atoms with van der Waals surface area (Å²) in [5.74, 6) is 0. The maximum Gasteiger partial charge on any atom is 0.489 e. The maximum atomic E-state index is 9.44. The van der Waals surface area contributed by atoms with Crippen LogP contribution in [0, 0.1) is 6.92 Å². The van der Waals surface area contributed by atoms with Gasteiger partial charge in [-0.2, -0.15) is 0 Å². The van der Waals surface area contributed by atoms with Crippen LogP contribution in [0.4, 0.5) is 0 Å². The Labute approximate surface area is 98.4 Å². The second-order valence-electron chi connectivity index (χ2n) is 4.20. The summed E-state index contributed by atoms with van der Waals surface area (Å²) < 4.78 is 5.70. The van der Waals surface area contributed by atoms with Crippen LogP contribution in [0.1, 0.15) is 5.56 Å². The molecule has 1 heterocycles. The Hall–Kier alpha value is -1.78. The molecule has 0 radical (unpaired) electrons. The number of hydrogen-bond acceptors (Lipinski definition) is 3. The molecule has 0 fully saturated rings. The molecule has 0 atom stereocenters. The first kappa shape index (κ1) is 10.4. The van der Waals surface area contributed by atoms with Gasteiger partial charge in [0.15, 0.2) is 0 Å². The van der Waals surface area contributed by atoms with Gasteiger partial charge in [-0.1, -0.05) is 24.3 Å². The zero-order valence-electron chi connectivity index (χ0n) is 9.34. The molecule has 1 aromatic heterocycles. The van der Waals surface area contributed by atoms with Crippen molar-refractivity contribution in [1.82, 2.24) is 0 Å². The fraction of sp³-hybridized carbons (Fsp3) is 0.0769. The number of rotatable bonds is 1. The lowest BCUT2D eigenvalue weighted by Crippen LogP contribution is -2.30. The summed E-state index contributed by atoms with van der Waals surface area (Å²) in [6.07, 6.45) is 0. The third-order valence-electron chi connectivity index (χ3n) is 2.93. The van der Waals surface area contributed by atoms with Crippen molar-refractivity contribution in [3.05, 3.63) is 42.0 Å². The highest BCUT2D eigenvalue weighted by molar-refractivity contribution is 6.62. The molecule has 84 valence electrons. The van der Waals surface area contributed by atoms with E-state index in [2.05, 4.69) is 0 Å². The summed E-state index contributed by atoms with van der Waals surface area (Å²) in [7, 11) is -1.49. The van der Waals surface area contributed by atoms with Gasteiger partial charge in [-0.3, -0.25) is 0 Å². The van der Waals surface area contributed by atoms with Gasteiger partial charge < -0.3 is 14.5 Å². The van der Waals surface area contributed by atoms with E-state index < -0.39 is 7.12 Å². The van der Waals surface area contributed by atoms with Crippen LogP contribution in [0.15, 0.2) is 40.8 Å². The summed E-state index contributed by atoms with van der Waals surface area (Å²) >= 11 is 0. The molecule has 0 aliphatic carbocycles. The minimum Gasteiger partial charge on any atom is -0.456 e. The summed E-state index contributed by atoms with van der Waals surface area (Å²) in [5.41, 5.74) is 2.88. The number of para-hydroxylation sites is 1. The molecule has 0 amide bonds. The van der Waals surface area contributed by atoms with E-state index in [1.807, 2.05) is 37.3 Å². The molecule has 3 aromatic rings. The third kappa shape index (κ3) is 1.53. The summed E-state index contributed by atoms with van der Waals surface area (Å²) in [5, 5.41) is 20.6. The van der Waals surface area contributed by atoms with Crippen molar-refractivity contribution < 1.29 is 14.5 Å². The van der Waals surface area contributed by atoms with Crippen molar-refractivity contribution >= 4 is 34.5 Å². The zero-order chi connectivity index (χ0) is 12.0. The minimum atomic E-state index is -1.49. The van der Waals surface area contributed by atoms with Gasteiger partial charge in [0.25, 0.3) is 0 Å². The molecule has 0 bridgehead atoms. The molecule has 0 unspecified atom stereocenters.